The van der Waals surface area contributed by atoms with Crippen LogP contribution in [0.1, 0.15) is 34.8 Å². The molecule has 36 heavy (non-hydrogen) atoms. The highest BCUT2D eigenvalue weighted by Gasteiger charge is 2.28. The van der Waals surface area contributed by atoms with E-state index in [2.05, 4.69) is 15.5 Å². The summed E-state index contributed by atoms with van der Waals surface area (Å²) >= 11 is 6.14. The molecule has 2 amide bonds. The van der Waals surface area contributed by atoms with Gasteiger partial charge in [0.25, 0.3) is 11.8 Å². The van der Waals surface area contributed by atoms with Gasteiger partial charge < -0.3 is 20.4 Å². The molecule has 3 aromatic carbocycles. The van der Waals surface area contributed by atoms with Crippen molar-refractivity contribution in [1.29, 1.82) is 0 Å². The smallest absolute Gasteiger partial charge is 0.258 e. The average Bonchev–Trinajstić information content (AvgIpc) is 3.20. The summed E-state index contributed by atoms with van der Waals surface area (Å²) in [7, 11) is 4.07. The van der Waals surface area contributed by atoms with Crippen molar-refractivity contribution in [2.45, 2.75) is 13.3 Å². The molecule has 2 N–H and O–H groups in total. The Morgan fingerprint density at radius 1 is 0.944 bits per heavy atom. The SMILES string of the molecule is CCN(CCCN(C)C)C(=O)c1ccc(N/C(=C2\C(=O)Nc3cc(Cl)ccc32)c2ccccc2)cc1. The van der Waals surface area contributed by atoms with E-state index in [9.17, 15) is 9.59 Å². The topological polar surface area (TPSA) is 64.7 Å². The second-order valence-electron chi connectivity index (χ2n) is 9.00. The van der Waals surface area contributed by atoms with Crippen LogP contribution in [0.25, 0.3) is 11.3 Å². The lowest BCUT2D eigenvalue weighted by Gasteiger charge is -2.22. The van der Waals surface area contributed by atoms with Gasteiger partial charge in [0, 0.05) is 34.9 Å². The summed E-state index contributed by atoms with van der Waals surface area (Å²) in [6.07, 6.45) is 0.926. The van der Waals surface area contributed by atoms with Gasteiger partial charge in [-0.3, -0.25) is 9.59 Å². The number of amides is 2. The number of rotatable bonds is 9. The van der Waals surface area contributed by atoms with E-state index in [0.717, 1.165) is 36.3 Å². The fourth-order valence-corrected chi connectivity index (χ4v) is 4.45. The summed E-state index contributed by atoms with van der Waals surface area (Å²) in [6.45, 7) is 4.32. The molecule has 0 radical (unpaired) electrons. The van der Waals surface area contributed by atoms with Gasteiger partial charge in [-0.1, -0.05) is 48.0 Å². The number of halogens is 1. The lowest BCUT2D eigenvalue weighted by atomic mass is 10.00. The molecule has 0 aromatic heterocycles. The number of benzene rings is 3. The van der Waals surface area contributed by atoms with E-state index in [0.29, 0.717) is 34.1 Å². The van der Waals surface area contributed by atoms with Gasteiger partial charge in [0.05, 0.1) is 17.0 Å². The zero-order chi connectivity index (χ0) is 25.7. The molecular formula is C29H31ClN4O2. The molecule has 6 nitrogen and oxygen atoms in total. The van der Waals surface area contributed by atoms with E-state index >= 15 is 0 Å². The second-order valence-corrected chi connectivity index (χ2v) is 9.44. The van der Waals surface area contributed by atoms with Crippen LogP contribution in [-0.2, 0) is 4.79 Å². The monoisotopic (exact) mass is 502 g/mol. The first-order valence-corrected chi connectivity index (χ1v) is 12.5. The third kappa shape index (κ3) is 5.78. The maximum absolute atomic E-state index is 13.0. The standard InChI is InChI=1S/C29H31ClN4O2/c1-4-34(18-8-17-33(2)3)29(36)21-11-14-23(15-12-21)31-27(20-9-6-5-7-10-20)26-24-16-13-22(30)19-25(24)32-28(26)35/h5-7,9-16,19,31H,4,8,17-18H2,1-3H3,(H,32,35)/b27-26-. The van der Waals surface area contributed by atoms with Gasteiger partial charge in [-0.15, -0.1) is 0 Å². The molecule has 0 unspecified atom stereocenters. The lowest BCUT2D eigenvalue weighted by Crippen LogP contribution is -2.33. The zero-order valence-electron chi connectivity index (χ0n) is 20.8. The number of carbonyl (C=O) groups excluding carboxylic acids is 2. The maximum Gasteiger partial charge on any atom is 0.258 e. The highest BCUT2D eigenvalue weighted by atomic mass is 35.5. The molecule has 7 heteroatoms. The van der Waals surface area contributed by atoms with Crippen molar-refractivity contribution >= 4 is 46.1 Å². The van der Waals surface area contributed by atoms with Crippen LogP contribution < -0.4 is 10.6 Å². The Balaban J connectivity index is 1.62. The van der Waals surface area contributed by atoms with E-state index in [1.807, 2.05) is 86.6 Å². The van der Waals surface area contributed by atoms with Crippen LogP contribution in [-0.4, -0.2) is 55.3 Å². The first-order valence-electron chi connectivity index (χ1n) is 12.1. The summed E-state index contributed by atoms with van der Waals surface area (Å²) in [5, 5.41) is 6.91. The zero-order valence-corrected chi connectivity index (χ0v) is 21.6. The van der Waals surface area contributed by atoms with Gasteiger partial charge in [0.1, 0.15) is 0 Å². The third-order valence-electron chi connectivity index (χ3n) is 6.14. The number of anilines is 2. The Hall–Kier alpha value is -3.61. The van der Waals surface area contributed by atoms with Crippen molar-refractivity contribution in [2.24, 2.45) is 0 Å². The minimum Gasteiger partial charge on any atom is -0.354 e. The molecule has 0 fully saturated rings. The number of nitrogens with zero attached hydrogens (tertiary/aromatic N) is 2. The predicted octanol–water partition coefficient (Wildman–Crippen LogP) is 5.69. The molecule has 0 spiro atoms. The summed E-state index contributed by atoms with van der Waals surface area (Å²) < 4.78 is 0. The molecule has 1 heterocycles. The fourth-order valence-electron chi connectivity index (χ4n) is 4.28. The minimum atomic E-state index is -0.193. The first-order chi connectivity index (χ1) is 17.4. The predicted molar refractivity (Wildman–Crippen MR) is 148 cm³/mol. The first kappa shape index (κ1) is 25.5. The van der Waals surface area contributed by atoms with Gasteiger partial charge in [0.2, 0.25) is 0 Å². The number of nitrogens with one attached hydrogen (secondary N) is 2. The summed E-state index contributed by atoms with van der Waals surface area (Å²) in [4.78, 5) is 30.1. The number of hydrogen-bond donors (Lipinski definition) is 2. The van der Waals surface area contributed by atoms with Crippen LogP contribution >= 0.6 is 11.6 Å². The Bertz CT molecular complexity index is 1270. The Labute approximate surface area is 217 Å². The molecule has 0 aliphatic carbocycles. The highest BCUT2D eigenvalue weighted by molar-refractivity contribution is 6.38. The van der Waals surface area contributed by atoms with Crippen LogP contribution in [0.4, 0.5) is 11.4 Å². The molecule has 0 bridgehead atoms. The van der Waals surface area contributed by atoms with Crippen molar-refractivity contribution < 1.29 is 9.59 Å². The Morgan fingerprint density at radius 2 is 1.67 bits per heavy atom. The quantitative estimate of drug-likeness (QED) is 0.369. The van der Waals surface area contributed by atoms with E-state index in [-0.39, 0.29) is 11.8 Å². The normalized spacial score (nSPS) is 13.9. The molecule has 0 saturated carbocycles. The number of carbonyl (C=O) groups is 2. The number of fused-ring (bicyclic) bond motifs is 1. The molecule has 186 valence electrons. The van der Waals surface area contributed by atoms with Gasteiger partial charge in [-0.25, -0.2) is 0 Å². The molecule has 3 aromatic rings. The van der Waals surface area contributed by atoms with Crippen molar-refractivity contribution in [2.75, 3.05) is 44.4 Å². The largest absolute Gasteiger partial charge is 0.354 e. The van der Waals surface area contributed by atoms with Gasteiger partial charge in [-0.05, 0) is 75.9 Å². The van der Waals surface area contributed by atoms with Crippen molar-refractivity contribution in [3.63, 3.8) is 0 Å². The summed E-state index contributed by atoms with van der Waals surface area (Å²) in [5.74, 6) is -0.174. The van der Waals surface area contributed by atoms with E-state index in [1.165, 1.54) is 0 Å². The molecular weight excluding hydrogens is 472 g/mol. The summed E-state index contributed by atoms with van der Waals surface area (Å²) in [5.41, 5.74) is 5.01. The molecule has 1 aliphatic heterocycles. The second kappa shape index (κ2) is 11.4. The molecule has 4 rings (SSSR count). The van der Waals surface area contributed by atoms with Crippen LogP contribution in [0.2, 0.25) is 5.02 Å². The van der Waals surface area contributed by atoms with Gasteiger partial charge in [0.15, 0.2) is 0 Å². The Morgan fingerprint density at radius 3 is 2.33 bits per heavy atom. The third-order valence-corrected chi connectivity index (χ3v) is 6.38. The number of hydrogen-bond acceptors (Lipinski definition) is 4. The highest BCUT2D eigenvalue weighted by Crippen LogP contribution is 2.38. The van der Waals surface area contributed by atoms with Crippen molar-refractivity contribution in [1.82, 2.24) is 9.80 Å². The van der Waals surface area contributed by atoms with Crippen LogP contribution in [0.15, 0.2) is 72.8 Å². The summed E-state index contributed by atoms with van der Waals surface area (Å²) in [6, 6.07) is 22.5. The molecule has 1 aliphatic rings. The van der Waals surface area contributed by atoms with Crippen LogP contribution in [0.3, 0.4) is 0 Å². The fraction of sp³-hybridized carbons (Fsp3) is 0.241. The van der Waals surface area contributed by atoms with Crippen molar-refractivity contribution in [3.8, 4) is 0 Å². The maximum atomic E-state index is 13.0. The average molecular weight is 503 g/mol. The van der Waals surface area contributed by atoms with Gasteiger partial charge in [-0.2, -0.15) is 0 Å². The van der Waals surface area contributed by atoms with E-state index in [1.54, 1.807) is 12.1 Å². The van der Waals surface area contributed by atoms with E-state index < -0.39 is 0 Å². The van der Waals surface area contributed by atoms with Crippen molar-refractivity contribution in [3.05, 3.63) is 94.5 Å². The molecule has 0 atom stereocenters. The van der Waals surface area contributed by atoms with Gasteiger partial charge >= 0.3 is 0 Å². The lowest BCUT2D eigenvalue weighted by molar-refractivity contribution is -0.110. The van der Waals surface area contributed by atoms with Crippen LogP contribution in [0.5, 0.6) is 0 Å². The Kier molecular flexibility index (Phi) is 8.08. The van der Waals surface area contributed by atoms with Crippen LogP contribution in [0, 0.1) is 0 Å². The molecule has 0 saturated heterocycles. The minimum absolute atomic E-state index is 0.0189. The van der Waals surface area contributed by atoms with E-state index in [4.69, 9.17) is 11.6 Å².